The van der Waals surface area contributed by atoms with Crippen LogP contribution in [0.1, 0.15) is 83.5 Å². The molecule has 0 saturated heterocycles. The SMILES string of the molecule is C#CCOCCOCCNC(=O)CCC(CCC(=O)NCCOCCOCC#C)(CCC(=O)NCCOCCOCC#C)NC(=O)CCCC(=O)NCCCCCCOP(C)(=O)O. The van der Waals surface area contributed by atoms with Crippen LogP contribution in [0.4, 0.5) is 0 Å². The van der Waals surface area contributed by atoms with Crippen molar-refractivity contribution in [3.8, 4) is 37.0 Å². The van der Waals surface area contributed by atoms with E-state index in [0.717, 1.165) is 19.5 Å². The molecule has 0 aliphatic carbocycles. The Morgan fingerprint density at radius 1 is 0.476 bits per heavy atom. The molecule has 0 heterocycles. The molecule has 1 unspecified atom stereocenters. The van der Waals surface area contributed by atoms with Gasteiger partial charge < -0.3 is 64.4 Å². The Balaban J connectivity index is 5.56. The molecule has 6 N–H and O–H groups in total. The summed E-state index contributed by atoms with van der Waals surface area (Å²) in [6.07, 6.45) is 19.0. The first kappa shape index (κ1) is 58.9. The molecule has 0 aromatic rings. The lowest BCUT2D eigenvalue weighted by Crippen LogP contribution is -2.50. The zero-order valence-corrected chi connectivity index (χ0v) is 38.0. The molecule has 1 atom stereocenters. The van der Waals surface area contributed by atoms with Crippen LogP contribution in [0.2, 0.25) is 0 Å². The summed E-state index contributed by atoms with van der Waals surface area (Å²) < 4.78 is 47.9. The molecule has 20 heteroatoms. The van der Waals surface area contributed by atoms with E-state index in [1.165, 1.54) is 0 Å². The molecule has 0 rings (SSSR count). The molecule has 0 fully saturated rings. The third kappa shape index (κ3) is 40.5. The van der Waals surface area contributed by atoms with E-state index in [1.807, 2.05) is 0 Å². The minimum Gasteiger partial charge on any atom is -0.377 e. The molecular formula is C43H72N5O14P. The Hall–Kier alpha value is -4.06. The molecule has 63 heavy (non-hydrogen) atoms. The van der Waals surface area contributed by atoms with E-state index in [0.29, 0.717) is 59.0 Å². The quantitative estimate of drug-likeness (QED) is 0.0286. The highest BCUT2D eigenvalue weighted by molar-refractivity contribution is 7.51. The van der Waals surface area contributed by atoms with Crippen molar-refractivity contribution in [3.05, 3.63) is 0 Å². The van der Waals surface area contributed by atoms with Crippen molar-refractivity contribution in [1.82, 2.24) is 26.6 Å². The zero-order chi connectivity index (χ0) is 46.7. The van der Waals surface area contributed by atoms with E-state index in [1.54, 1.807) is 0 Å². The number of nitrogens with one attached hydrogen (secondary N) is 5. The summed E-state index contributed by atoms with van der Waals surface area (Å²) in [5.74, 6) is 5.53. The van der Waals surface area contributed by atoms with E-state index in [4.69, 9.17) is 52.2 Å². The molecule has 0 aromatic heterocycles. The maximum Gasteiger partial charge on any atom is 0.325 e. The van der Waals surface area contributed by atoms with Gasteiger partial charge in [-0.2, -0.15) is 0 Å². The lowest BCUT2D eigenvalue weighted by atomic mass is 9.82. The molecule has 0 spiro atoms. The molecule has 0 radical (unpaired) electrons. The summed E-state index contributed by atoms with van der Waals surface area (Å²) in [4.78, 5) is 74.4. The van der Waals surface area contributed by atoms with Gasteiger partial charge in [-0.15, -0.1) is 19.3 Å². The van der Waals surface area contributed by atoms with Crippen LogP contribution in [0.15, 0.2) is 0 Å². The topological polar surface area (TPSA) is 247 Å². The molecular weight excluding hydrogens is 841 g/mol. The van der Waals surface area contributed by atoms with Gasteiger partial charge in [0.05, 0.1) is 66.1 Å². The largest absolute Gasteiger partial charge is 0.377 e. The lowest BCUT2D eigenvalue weighted by Gasteiger charge is -2.35. The van der Waals surface area contributed by atoms with Crippen molar-refractivity contribution in [2.45, 2.75) is 89.0 Å². The zero-order valence-electron chi connectivity index (χ0n) is 37.1. The first-order valence-electron chi connectivity index (χ1n) is 21.5. The van der Waals surface area contributed by atoms with Gasteiger partial charge in [-0.1, -0.05) is 30.6 Å². The van der Waals surface area contributed by atoms with Crippen LogP contribution < -0.4 is 26.6 Å². The Kier molecular flexibility index (Phi) is 38.1. The molecule has 19 nitrogen and oxygen atoms in total. The van der Waals surface area contributed by atoms with Crippen molar-refractivity contribution in [1.29, 1.82) is 0 Å². The molecule has 0 aliphatic rings. The second-order valence-electron chi connectivity index (χ2n) is 14.2. The van der Waals surface area contributed by atoms with Crippen molar-refractivity contribution < 1.29 is 66.4 Å². The number of ether oxygens (including phenoxy) is 6. The van der Waals surface area contributed by atoms with Crippen molar-refractivity contribution in [2.24, 2.45) is 0 Å². The van der Waals surface area contributed by atoms with Gasteiger partial charge in [0.1, 0.15) is 19.8 Å². The predicted molar refractivity (Wildman–Crippen MR) is 236 cm³/mol. The van der Waals surface area contributed by atoms with Crippen LogP contribution >= 0.6 is 7.60 Å². The first-order valence-corrected chi connectivity index (χ1v) is 23.5. The van der Waals surface area contributed by atoms with Crippen LogP contribution in [0.25, 0.3) is 0 Å². The summed E-state index contributed by atoms with van der Waals surface area (Å²) in [6, 6.07) is 0. The standard InChI is InChI=1S/C43H72N5O14P/c1-5-25-56-32-35-59-29-22-45-39(50)15-18-43(19-16-40(51)46-23-30-60-36-33-57-26-6-2,20-17-41(52)47-24-31-61-37-34-58-27-7-3)48-42(53)14-12-13-38(49)44-21-10-8-9-11-28-62-63(4,54)55/h1-3H,8-37H2,4H3,(H,44,49)(H,45,50)(H,46,51)(H,47,52)(H,48,53)(H,54,55). The fourth-order valence-corrected chi connectivity index (χ4v) is 6.09. The van der Waals surface area contributed by atoms with Crippen LogP contribution in [-0.4, -0.2) is 159 Å². The highest BCUT2D eigenvalue weighted by Gasteiger charge is 2.33. The van der Waals surface area contributed by atoms with Gasteiger partial charge in [0, 0.05) is 70.5 Å². The second kappa shape index (κ2) is 40.7. The normalized spacial score (nSPS) is 11.9. The van der Waals surface area contributed by atoms with Crippen molar-refractivity contribution in [3.63, 3.8) is 0 Å². The number of unbranched alkanes of at least 4 members (excludes halogenated alkanes) is 3. The molecule has 5 amide bonds. The van der Waals surface area contributed by atoms with E-state index >= 15 is 0 Å². The van der Waals surface area contributed by atoms with Crippen LogP contribution in [0.5, 0.6) is 0 Å². The third-order valence-corrected chi connectivity index (χ3v) is 9.47. The van der Waals surface area contributed by atoms with Gasteiger partial charge in [0.25, 0.3) is 0 Å². The summed E-state index contributed by atoms with van der Waals surface area (Å²) in [5.41, 5.74) is -1.15. The fourth-order valence-electron chi connectivity index (χ4n) is 5.63. The average Bonchev–Trinajstić information content (AvgIpc) is 3.24. The van der Waals surface area contributed by atoms with Gasteiger partial charge in [-0.05, 0) is 38.5 Å². The molecule has 0 aromatic carbocycles. The number of rotatable bonds is 43. The Bertz CT molecular complexity index is 1330. The smallest absolute Gasteiger partial charge is 0.325 e. The van der Waals surface area contributed by atoms with Crippen molar-refractivity contribution in [2.75, 3.05) is 119 Å². The number of terminal acetylenes is 3. The molecule has 0 bridgehead atoms. The number of hydrogen-bond donors (Lipinski definition) is 6. The van der Waals surface area contributed by atoms with E-state index in [-0.39, 0.29) is 147 Å². The maximum absolute atomic E-state index is 13.5. The molecule has 0 saturated carbocycles. The summed E-state index contributed by atoms with van der Waals surface area (Å²) in [6.45, 7) is 5.48. The highest BCUT2D eigenvalue weighted by Crippen LogP contribution is 2.36. The highest BCUT2D eigenvalue weighted by atomic mass is 31.2. The Morgan fingerprint density at radius 2 is 0.841 bits per heavy atom. The van der Waals surface area contributed by atoms with Gasteiger partial charge in [0.15, 0.2) is 0 Å². The number of carbonyl (C=O) groups is 5. The van der Waals surface area contributed by atoms with Gasteiger partial charge in [-0.3, -0.25) is 28.5 Å². The number of amides is 5. The third-order valence-electron chi connectivity index (χ3n) is 8.81. The average molecular weight is 914 g/mol. The van der Waals surface area contributed by atoms with Crippen LogP contribution in [-0.2, 0) is 61.5 Å². The molecule has 0 aliphatic heterocycles. The minimum absolute atomic E-state index is 0.0148. The van der Waals surface area contributed by atoms with E-state index in [2.05, 4.69) is 44.3 Å². The number of hydrogen-bond acceptors (Lipinski definition) is 13. The summed E-state index contributed by atoms with van der Waals surface area (Å²) in [7, 11) is -3.49. The lowest BCUT2D eigenvalue weighted by molar-refractivity contribution is -0.128. The monoisotopic (exact) mass is 913 g/mol. The Labute approximate surface area is 374 Å². The van der Waals surface area contributed by atoms with Crippen LogP contribution in [0.3, 0.4) is 0 Å². The van der Waals surface area contributed by atoms with Crippen molar-refractivity contribution >= 4 is 37.1 Å². The Morgan fingerprint density at radius 3 is 1.25 bits per heavy atom. The predicted octanol–water partition coefficient (Wildman–Crippen LogP) is 1.21. The van der Waals surface area contributed by atoms with Gasteiger partial charge in [-0.25, -0.2) is 0 Å². The van der Waals surface area contributed by atoms with E-state index < -0.39 is 19.0 Å². The van der Waals surface area contributed by atoms with Gasteiger partial charge in [0.2, 0.25) is 29.5 Å². The minimum atomic E-state index is -3.49. The van der Waals surface area contributed by atoms with Gasteiger partial charge >= 0.3 is 7.60 Å². The van der Waals surface area contributed by atoms with Crippen LogP contribution in [0, 0.1) is 37.0 Å². The fraction of sp³-hybridized carbons (Fsp3) is 0.744. The maximum atomic E-state index is 13.5. The summed E-state index contributed by atoms with van der Waals surface area (Å²) in [5, 5.41) is 14.3. The number of carbonyl (C=O) groups excluding carboxylic acids is 5. The summed E-state index contributed by atoms with van der Waals surface area (Å²) >= 11 is 0. The first-order chi connectivity index (χ1) is 30.4. The second-order valence-corrected chi connectivity index (χ2v) is 16.1. The molecule has 358 valence electrons. The van der Waals surface area contributed by atoms with E-state index in [9.17, 15) is 33.4 Å².